The van der Waals surface area contributed by atoms with E-state index in [2.05, 4.69) is 5.32 Å². The minimum atomic E-state index is -0.191. The van der Waals surface area contributed by atoms with Crippen molar-refractivity contribution in [1.82, 2.24) is 19.6 Å². The Morgan fingerprint density at radius 1 is 1.00 bits per heavy atom. The number of nitrogens with one attached hydrogen (secondary N) is 1. The summed E-state index contributed by atoms with van der Waals surface area (Å²) in [6.07, 6.45) is 3.78. The largest absolute Gasteiger partial charge is 0.347 e. The number of carbonyl (C=O) groups excluding carboxylic acids is 2. The van der Waals surface area contributed by atoms with Crippen LogP contribution in [0.4, 0.5) is 0 Å². The average Bonchev–Trinajstić information content (AvgIpc) is 3.28. The van der Waals surface area contributed by atoms with Crippen LogP contribution in [0.1, 0.15) is 56.6 Å². The summed E-state index contributed by atoms with van der Waals surface area (Å²) in [6, 6.07) is 23.3. The molecule has 1 N–H and O–H groups in total. The van der Waals surface area contributed by atoms with Gasteiger partial charge in [0.05, 0.1) is 5.52 Å². The summed E-state index contributed by atoms with van der Waals surface area (Å²) in [6.45, 7) is 3.81. The van der Waals surface area contributed by atoms with E-state index in [0.29, 0.717) is 24.3 Å². The summed E-state index contributed by atoms with van der Waals surface area (Å²) >= 11 is 0. The highest BCUT2D eigenvalue weighted by Gasteiger charge is 2.29. The van der Waals surface area contributed by atoms with E-state index in [1.807, 2.05) is 95.2 Å². The Morgan fingerprint density at radius 3 is 2.56 bits per heavy atom. The maximum absolute atomic E-state index is 13.1. The van der Waals surface area contributed by atoms with Crippen molar-refractivity contribution in [2.24, 2.45) is 0 Å². The van der Waals surface area contributed by atoms with Gasteiger partial charge in [-0.05, 0) is 49.6 Å². The molecule has 6 nitrogen and oxygen atoms in total. The molecular weight excluding hydrogens is 424 g/mol. The van der Waals surface area contributed by atoms with Crippen molar-refractivity contribution in [2.75, 3.05) is 13.1 Å². The van der Waals surface area contributed by atoms with Crippen molar-refractivity contribution in [3.63, 3.8) is 0 Å². The van der Waals surface area contributed by atoms with Gasteiger partial charge < -0.3 is 14.6 Å². The van der Waals surface area contributed by atoms with Gasteiger partial charge in [-0.15, -0.1) is 0 Å². The number of hydrogen-bond acceptors (Lipinski definition) is 3. The molecule has 4 aromatic rings. The highest BCUT2D eigenvalue weighted by Crippen LogP contribution is 2.29. The van der Waals surface area contributed by atoms with Gasteiger partial charge in [0.15, 0.2) is 5.69 Å². The van der Waals surface area contributed by atoms with Crippen LogP contribution in [0.25, 0.3) is 5.52 Å². The van der Waals surface area contributed by atoms with Crippen molar-refractivity contribution >= 4 is 17.3 Å². The Bertz CT molecular complexity index is 1310. The third kappa shape index (κ3) is 4.44. The lowest BCUT2D eigenvalue weighted by atomic mass is 9.96. The van der Waals surface area contributed by atoms with Gasteiger partial charge in [-0.25, -0.2) is 4.98 Å². The van der Waals surface area contributed by atoms with Crippen LogP contribution in [0.2, 0.25) is 0 Å². The number of aromatic nitrogens is 2. The van der Waals surface area contributed by atoms with Gasteiger partial charge in [0, 0.05) is 37.3 Å². The first-order valence-electron chi connectivity index (χ1n) is 11.7. The topological polar surface area (TPSA) is 66.7 Å². The van der Waals surface area contributed by atoms with Crippen LogP contribution in [-0.4, -0.2) is 39.2 Å². The Labute approximate surface area is 199 Å². The highest BCUT2D eigenvalue weighted by atomic mass is 16.2. The summed E-state index contributed by atoms with van der Waals surface area (Å²) < 4.78 is 2.00. The third-order valence-electron chi connectivity index (χ3n) is 6.46. The molecule has 2 aromatic carbocycles. The molecule has 0 radical (unpaired) electrons. The van der Waals surface area contributed by atoms with E-state index in [0.717, 1.165) is 36.3 Å². The number of aryl methyl sites for hydroxylation is 1. The summed E-state index contributed by atoms with van der Waals surface area (Å²) in [5.41, 5.74) is 4.14. The van der Waals surface area contributed by atoms with Crippen LogP contribution < -0.4 is 5.32 Å². The smallest absolute Gasteiger partial charge is 0.272 e. The molecule has 1 fully saturated rings. The van der Waals surface area contributed by atoms with Crippen molar-refractivity contribution in [2.45, 2.75) is 32.2 Å². The summed E-state index contributed by atoms with van der Waals surface area (Å²) in [5, 5.41) is 3.01. The van der Waals surface area contributed by atoms with Crippen LogP contribution in [0.5, 0.6) is 0 Å². The molecule has 1 aliphatic rings. The maximum atomic E-state index is 13.1. The predicted octanol–water partition coefficient (Wildman–Crippen LogP) is 4.59. The molecule has 34 heavy (non-hydrogen) atoms. The molecule has 2 amide bonds. The minimum Gasteiger partial charge on any atom is -0.347 e. The second kappa shape index (κ2) is 9.51. The number of pyridine rings is 1. The Kier molecular flexibility index (Phi) is 6.12. The van der Waals surface area contributed by atoms with E-state index in [4.69, 9.17) is 4.98 Å². The molecule has 1 unspecified atom stereocenters. The Morgan fingerprint density at radius 2 is 1.76 bits per heavy atom. The first-order valence-corrected chi connectivity index (χ1v) is 11.7. The number of fused-ring (bicyclic) bond motifs is 1. The molecule has 1 aliphatic heterocycles. The zero-order valence-corrected chi connectivity index (χ0v) is 19.3. The van der Waals surface area contributed by atoms with Crippen molar-refractivity contribution in [3.8, 4) is 0 Å². The zero-order valence-electron chi connectivity index (χ0n) is 19.3. The van der Waals surface area contributed by atoms with E-state index < -0.39 is 0 Å². The van der Waals surface area contributed by atoms with Gasteiger partial charge in [-0.3, -0.25) is 9.59 Å². The fraction of sp³-hybridized carbons (Fsp3) is 0.250. The first-order chi connectivity index (χ1) is 16.6. The molecule has 2 aromatic heterocycles. The van der Waals surface area contributed by atoms with Crippen LogP contribution >= 0.6 is 0 Å². The summed E-state index contributed by atoms with van der Waals surface area (Å²) in [4.78, 5) is 32.9. The molecule has 3 heterocycles. The van der Waals surface area contributed by atoms with Gasteiger partial charge in [-0.1, -0.05) is 54.1 Å². The highest BCUT2D eigenvalue weighted by molar-refractivity contribution is 5.99. The number of likely N-dealkylation sites (tertiary alicyclic amines) is 1. The first kappa shape index (κ1) is 21.9. The maximum Gasteiger partial charge on any atom is 0.272 e. The van der Waals surface area contributed by atoms with Gasteiger partial charge in [0.1, 0.15) is 5.82 Å². The van der Waals surface area contributed by atoms with E-state index in [1.54, 1.807) is 0 Å². The lowest BCUT2D eigenvalue weighted by Crippen LogP contribution is -2.39. The van der Waals surface area contributed by atoms with Crippen molar-refractivity contribution < 1.29 is 9.59 Å². The molecule has 0 spiro atoms. The third-order valence-corrected chi connectivity index (χ3v) is 6.46. The zero-order chi connectivity index (χ0) is 23.5. The number of amides is 2. The normalized spacial score (nSPS) is 15.9. The van der Waals surface area contributed by atoms with E-state index in [-0.39, 0.29) is 17.7 Å². The number of benzene rings is 2. The predicted molar refractivity (Wildman–Crippen MR) is 132 cm³/mol. The molecule has 5 rings (SSSR count). The molecule has 172 valence electrons. The minimum absolute atomic E-state index is 0.0437. The molecular formula is C28H28N4O2. The second-order valence-electron chi connectivity index (χ2n) is 8.90. The van der Waals surface area contributed by atoms with Gasteiger partial charge in [0.2, 0.25) is 0 Å². The van der Waals surface area contributed by atoms with Crippen LogP contribution in [0.3, 0.4) is 0 Å². The fourth-order valence-corrected chi connectivity index (χ4v) is 4.62. The summed E-state index contributed by atoms with van der Waals surface area (Å²) in [7, 11) is 0. The number of imidazole rings is 1. The Hall–Kier alpha value is -3.93. The molecule has 1 saturated heterocycles. The number of piperidine rings is 1. The van der Waals surface area contributed by atoms with Gasteiger partial charge in [-0.2, -0.15) is 0 Å². The lowest BCUT2D eigenvalue weighted by Gasteiger charge is -2.32. The molecule has 0 bridgehead atoms. The van der Waals surface area contributed by atoms with Gasteiger partial charge >= 0.3 is 0 Å². The number of rotatable bonds is 5. The Balaban J connectivity index is 1.38. The standard InChI is InChI=1S/C28H28N4O2/c1-20-12-14-21(15-13-20)18-29-27(33)25-24-11-5-6-17-32(24)26(30-25)23-10-7-16-31(19-23)28(34)22-8-3-2-4-9-22/h2-6,8-9,11-15,17,23H,7,10,16,18-19H2,1H3,(H,29,33). The second-order valence-corrected chi connectivity index (χ2v) is 8.90. The SMILES string of the molecule is Cc1ccc(CNC(=O)c2nc(C3CCCN(C(=O)c4ccccc4)C3)n3ccccc23)cc1. The van der Waals surface area contributed by atoms with Crippen LogP contribution in [0.15, 0.2) is 79.0 Å². The number of hydrogen-bond donors (Lipinski definition) is 1. The van der Waals surface area contributed by atoms with Crippen molar-refractivity contribution in [3.05, 3.63) is 107 Å². The van der Waals surface area contributed by atoms with Gasteiger partial charge in [0.25, 0.3) is 11.8 Å². The molecule has 6 heteroatoms. The lowest BCUT2D eigenvalue weighted by molar-refractivity contribution is 0.0703. The average molecular weight is 453 g/mol. The van der Waals surface area contributed by atoms with E-state index >= 15 is 0 Å². The quantitative estimate of drug-likeness (QED) is 0.482. The molecule has 0 saturated carbocycles. The number of carbonyl (C=O) groups is 2. The summed E-state index contributed by atoms with van der Waals surface area (Å²) in [5.74, 6) is 0.752. The van der Waals surface area contributed by atoms with Crippen LogP contribution in [0, 0.1) is 6.92 Å². The van der Waals surface area contributed by atoms with E-state index in [9.17, 15) is 9.59 Å². The van der Waals surface area contributed by atoms with Crippen LogP contribution in [-0.2, 0) is 6.54 Å². The number of nitrogens with zero attached hydrogens (tertiary/aromatic N) is 3. The monoisotopic (exact) mass is 452 g/mol. The van der Waals surface area contributed by atoms with Crippen molar-refractivity contribution in [1.29, 1.82) is 0 Å². The molecule has 1 atom stereocenters. The van der Waals surface area contributed by atoms with E-state index in [1.165, 1.54) is 5.56 Å². The molecule has 0 aliphatic carbocycles. The fourth-order valence-electron chi connectivity index (χ4n) is 4.62.